The van der Waals surface area contributed by atoms with E-state index in [-0.39, 0.29) is 0 Å². The number of aryl methyl sites for hydroxylation is 1. The fourth-order valence-electron chi connectivity index (χ4n) is 4.69. The van der Waals surface area contributed by atoms with Gasteiger partial charge in [-0.05, 0) is 40.5 Å². The van der Waals surface area contributed by atoms with E-state index in [4.69, 9.17) is 4.74 Å². The van der Waals surface area contributed by atoms with Gasteiger partial charge in [0, 0.05) is 25.6 Å². The predicted molar refractivity (Wildman–Crippen MR) is 144 cm³/mol. The molecule has 1 atom stereocenters. The van der Waals surface area contributed by atoms with Gasteiger partial charge in [-0.2, -0.15) is 0 Å². The molecule has 5 aromatic rings. The van der Waals surface area contributed by atoms with Crippen molar-refractivity contribution in [3.8, 4) is 22.5 Å². The van der Waals surface area contributed by atoms with Gasteiger partial charge >= 0.3 is 5.69 Å². The lowest BCUT2D eigenvalue weighted by Crippen LogP contribution is -2.38. The number of rotatable bonds is 10. The molecular weight excluding hydrogens is 484 g/mol. The summed E-state index contributed by atoms with van der Waals surface area (Å²) in [5.74, 6) is 1.37. The molecule has 1 unspecified atom stereocenters. The smallest absolute Gasteiger partial charge is 0.332 e. The zero-order valence-electron chi connectivity index (χ0n) is 21.6. The third kappa shape index (κ3) is 4.80. The zero-order chi connectivity index (χ0) is 26.6. The molecule has 2 aromatic carbocycles. The van der Waals surface area contributed by atoms with Crippen molar-refractivity contribution in [2.45, 2.75) is 52.3 Å². The van der Waals surface area contributed by atoms with Crippen LogP contribution in [0.25, 0.3) is 33.7 Å². The maximum Gasteiger partial charge on any atom is 0.332 e. The van der Waals surface area contributed by atoms with Crippen molar-refractivity contribution in [3.63, 3.8) is 0 Å². The van der Waals surface area contributed by atoms with Gasteiger partial charge in [-0.3, -0.25) is 9.78 Å². The summed E-state index contributed by atoms with van der Waals surface area (Å²) in [6.07, 6.45) is 3.07. The second-order valence-electron chi connectivity index (χ2n) is 9.20. The van der Waals surface area contributed by atoms with Crippen LogP contribution in [-0.4, -0.2) is 46.8 Å². The van der Waals surface area contributed by atoms with E-state index >= 15 is 0 Å². The summed E-state index contributed by atoms with van der Waals surface area (Å²) in [7, 11) is 1.47. The lowest BCUT2D eigenvalue weighted by atomic mass is 9.98. The van der Waals surface area contributed by atoms with Crippen LogP contribution in [0.15, 0.2) is 58.1 Å². The van der Waals surface area contributed by atoms with Crippen molar-refractivity contribution >= 4 is 11.2 Å². The monoisotopic (exact) mass is 514 g/mol. The van der Waals surface area contributed by atoms with Crippen molar-refractivity contribution < 1.29 is 4.74 Å². The molecule has 3 aromatic heterocycles. The third-order valence-corrected chi connectivity index (χ3v) is 6.75. The fourth-order valence-corrected chi connectivity index (χ4v) is 4.69. The van der Waals surface area contributed by atoms with E-state index in [1.54, 1.807) is 6.92 Å². The van der Waals surface area contributed by atoms with Crippen LogP contribution in [-0.2, 0) is 17.7 Å². The van der Waals surface area contributed by atoms with Crippen molar-refractivity contribution in [2.75, 3.05) is 7.11 Å². The number of fused-ring (bicyclic) bond motifs is 1. The Labute approximate surface area is 218 Å². The molecule has 0 fully saturated rings. The lowest BCUT2D eigenvalue weighted by molar-refractivity contribution is 0.0542. The number of aromatic nitrogens is 8. The van der Waals surface area contributed by atoms with Gasteiger partial charge in [0.1, 0.15) is 12.1 Å². The quantitative estimate of drug-likeness (QED) is 0.271. The molecule has 11 heteroatoms. The second-order valence-corrected chi connectivity index (χ2v) is 9.20. The van der Waals surface area contributed by atoms with Crippen LogP contribution in [0.4, 0.5) is 0 Å². The van der Waals surface area contributed by atoms with Crippen LogP contribution >= 0.6 is 0 Å². The van der Waals surface area contributed by atoms with Crippen molar-refractivity contribution in [2.24, 2.45) is 0 Å². The summed E-state index contributed by atoms with van der Waals surface area (Å²) in [5.41, 5.74) is 3.64. The Morgan fingerprint density at radius 2 is 1.79 bits per heavy atom. The first-order chi connectivity index (χ1) is 18.5. The Hall–Kier alpha value is -4.38. The minimum absolute atomic E-state index is 0.303. The van der Waals surface area contributed by atoms with Crippen LogP contribution < -0.4 is 11.2 Å². The molecule has 0 radical (unpaired) electrons. The van der Waals surface area contributed by atoms with Gasteiger partial charge in [0.25, 0.3) is 5.56 Å². The second kappa shape index (κ2) is 10.9. The molecule has 2 N–H and O–H groups in total. The van der Waals surface area contributed by atoms with Gasteiger partial charge in [0.2, 0.25) is 0 Å². The molecule has 0 saturated heterocycles. The minimum Gasteiger partial charge on any atom is -0.361 e. The summed E-state index contributed by atoms with van der Waals surface area (Å²) >= 11 is 0. The largest absolute Gasteiger partial charge is 0.361 e. The number of unbranched alkanes of at least 4 members (excludes halogenated alkanes) is 2. The number of nitrogens with zero attached hydrogens (tertiary/aromatic N) is 6. The molecule has 0 aliphatic heterocycles. The number of nitrogens with one attached hydrogen (secondary N) is 2. The van der Waals surface area contributed by atoms with Crippen molar-refractivity contribution in [3.05, 3.63) is 80.8 Å². The van der Waals surface area contributed by atoms with E-state index in [1.165, 1.54) is 7.11 Å². The van der Waals surface area contributed by atoms with Gasteiger partial charge in [-0.25, -0.2) is 19.4 Å². The highest BCUT2D eigenvalue weighted by Gasteiger charge is 2.20. The fraction of sp³-hybridized carbons (Fsp3) is 0.333. The number of aromatic amines is 2. The van der Waals surface area contributed by atoms with Crippen molar-refractivity contribution in [1.29, 1.82) is 0 Å². The Bertz CT molecular complexity index is 1650. The van der Waals surface area contributed by atoms with Crippen LogP contribution in [0.2, 0.25) is 0 Å². The lowest BCUT2D eigenvalue weighted by Gasteiger charge is -2.14. The average Bonchev–Trinajstić information content (AvgIpc) is 3.58. The Morgan fingerprint density at radius 3 is 2.47 bits per heavy atom. The molecule has 3 heterocycles. The van der Waals surface area contributed by atoms with Crippen LogP contribution in [0.3, 0.4) is 0 Å². The molecule has 0 amide bonds. The molecule has 38 heavy (non-hydrogen) atoms. The first kappa shape index (κ1) is 25.3. The standard InChI is InChI=1S/C27H30N8O3/c1-4-5-6-11-22-28-25-23(26(36)35(17(2)38-3)27(37)29-25)34(22)16-18-12-14-19(15-13-18)20-9-7-8-10-21(20)24-30-32-33-31-24/h7-10,12-15,17H,4-6,11,16H2,1-3H3,(H,29,37)(H,30,31,32,33). The Kier molecular flexibility index (Phi) is 7.27. The van der Waals surface area contributed by atoms with Gasteiger partial charge in [0.15, 0.2) is 17.0 Å². The van der Waals surface area contributed by atoms with Crippen LogP contribution in [0.1, 0.15) is 50.7 Å². The normalized spacial score (nSPS) is 12.3. The number of imidazole rings is 1. The number of hydrogen-bond donors (Lipinski definition) is 2. The van der Waals surface area contributed by atoms with Crippen LogP contribution in [0.5, 0.6) is 0 Å². The van der Waals surface area contributed by atoms with E-state index in [0.29, 0.717) is 30.0 Å². The predicted octanol–water partition coefficient (Wildman–Crippen LogP) is 3.68. The van der Waals surface area contributed by atoms with E-state index in [0.717, 1.165) is 51.9 Å². The summed E-state index contributed by atoms with van der Waals surface area (Å²) in [5, 5.41) is 14.3. The molecule has 196 valence electrons. The Balaban J connectivity index is 1.54. The number of benzene rings is 2. The highest BCUT2D eigenvalue weighted by Crippen LogP contribution is 2.30. The molecule has 0 aliphatic rings. The van der Waals surface area contributed by atoms with Gasteiger partial charge in [0.05, 0.1) is 0 Å². The summed E-state index contributed by atoms with van der Waals surface area (Å²) in [6, 6.07) is 16.1. The van der Waals surface area contributed by atoms with Gasteiger partial charge < -0.3 is 9.30 Å². The number of H-pyrrole nitrogens is 2. The highest BCUT2D eigenvalue weighted by molar-refractivity contribution is 5.80. The molecule has 0 saturated carbocycles. The van der Waals surface area contributed by atoms with E-state index in [2.05, 4.69) is 37.5 Å². The number of methoxy groups -OCH3 is 1. The summed E-state index contributed by atoms with van der Waals surface area (Å²) < 4.78 is 8.30. The zero-order valence-corrected chi connectivity index (χ0v) is 21.6. The van der Waals surface area contributed by atoms with Gasteiger partial charge in [-0.1, -0.05) is 68.3 Å². The first-order valence-corrected chi connectivity index (χ1v) is 12.7. The molecule has 11 nitrogen and oxygen atoms in total. The highest BCUT2D eigenvalue weighted by atomic mass is 16.5. The molecular formula is C27H30N8O3. The molecule has 0 spiro atoms. The third-order valence-electron chi connectivity index (χ3n) is 6.75. The Morgan fingerprint density at radius 1 is 1.03 bits per heavy atom. The number of ether oxygens (including phenoxy) is 1. The van der Waals surface area contributed by atoms with Gasteiger partial charge in [-0.15, -0.1) is 5.10 Å². The topological polar surface area (TPSA) is 136 Å². The first-order valence-electron chi connectivity index (χ1n) is 12.7. The maximum absolute atomic E-state index is 13.5. The molecule has 0 aliphatic carbocycles. The van der Waals surface area contributed by atoms with E-state index < -0.39 is 17.5 Å². The SMILES string of the molecule is CCCCCc1nc2[nH]c(=O)n(C(C)OC)c(=O)c2n1Cc1ccc(-c2ccccc2-c2nnn[nH]2)cc1. The number of tetrazole rings is 1. The molecule has 0 bridgehead atoms. The summed E-state index contributed by atoms with van der Waals surface area (Å²) in [6.45, 7) is 4.25. The van der Waals surface area contributed by atoms with Crippen molar-refractivity contribution in [1.82, 2.24) is 39.7 Å². The van der Waals surface area contributed by atoms with E-state index in [1.807, 2.05) is 53.1 Å². The van der Waals surface area contributed by atoms with Crippen LogP contribution in [0, 0.1) is 0 Å². The molecule has 5 rings (SSSR count). The van der Waals surface area contributed by atoms with E-state index in [9.17, 15) is 9.59 Å². The summed E-state index contributed by atoms with van der Waals surface area (Å²) in [4.78, 5) is 33.6. The number of hydrogen-bond acceptors (Lipinski definition) is 7. The average molecular weight is 515 g/mol. The minimum atomic E-state index is -0.707. The maximum atomic E-state index is 13.5.